The van der Waals surface area contributed by atoms with Crippen molar-refractivity contribution in [3.05, 3.63) is 156 Å². The summed E-state index contributed by atoms with van der Waals surface area (Å²) in [7, 11) is 0. The minimum absolute atomic E-state index is 0.0675. The van der Waals surface area contributed by atoms with Crippen LogP contribution in [0.25, 0.3) is 86.3 Å². The van der Waals surface area contributed by atoms with E-state index in [1.54, 1.807) is 0 Å². The fourth-order valence-corrected chi connectivity index (χ4v) is 10.1. The van der Waals surface area contributed by atoms with Crippen LogP contribution in [0.4, 0.5) is 0 Å². The number of nitriles is 2. The first-order valence-electron chi connectivity index (χ1n) is 17.5. The summed E-state index contributed by atoms with van der Waals surface area (Å²) in [5, 5.41) is 26.3. The van der Waals surface area contributed by atoms with Crippen LogP contribution in [0.2, 0.25) is 0 Å². The van der Waals surface area contributed by atoms with Gasteiger partial charge in [0.2, 0.25) is 0 Å². The Bertz CT molecular complexity index is 3230. The topological polar surface area (TPSA) is 57.4 Å². The van der Waals surface area contributed by atoms with Gasteiger partial charge in [-0.05, 0) is 107 Å². The van der Waals surface area contributed by atoms with E-state index >= 15 is 0 Å². The van der Waals surface area contributed by atoms with E-state index in [2.05, 4.69) is 132 Å². The molecule has 1 aliphatic rings. The fraction of sp³-hybridized carbons (Fsp3) is 0.0638. The van der Waals surface area contributed by atoms with Gasteiger partial charge in [-0.3, -0.25) is 0 Å². The van der Waals surface area contributed by atoms with Gasteiger partial charge in [0.05, 0.1) is 45.3 Å². The zero-order chi connectivity index (χ0) is 34.9. The summed E-state index contributed by atoms with van der Waals surface area (Å²) in [5.74, 6) is 0. The number of hydrogen-bond donors (Lipinski definition) is 0. The van der Waals surface area contributed by atoms with Crippen LogP contribution in [0.15, 0.2) is 133 Å². The lowest BCUT2D eigenvalue weighted by Gasteiger charge is -2.21. The minimum Gasteiger partial charge on any atom is -0.309 e. The number of nitrogens with zero attached hydrogens (tertiary/aromatic N) is 4. The maximum Gasteiger partial charge on any atom is 0.0991 e. The summed E-state index contributed by atoms with van der Waals surface area (Å²) < 4.78 is 7.17. The normalized spacial score (nSPS) is 13.3. The molecule has 1 aliphatic carbocycles. The van der Waals surface area contributed by atoms with Crippen molar-refractivity contribution in [1.82, 2.24) is 9.13 Å². The summed E-state index contributed by atoms with van der Waals surface area (Å²) in [6.07, 6.45) is 0. The van der Waals surface area contributed by atoms with E-state index in [1.165, 1.54) is 64.2 Å². The molecule has 0 fully saturated rings. The highest BCUT2D eigenvalue weighted by atomic mass is 32.1. The van der Waals surface area contributed by atoms with Crippen LogP contribution in [0.1, 0.15) is 36.1 Å². The lowest BCUT2D eigenvalue weighted by Crippen LogP contribution is -2.14. The molecular weight excluding hydrogens is 653 g/mol. The molecule has 3 heterocycles. The number of aromatic nitrogens is 2. The summed E-state index contributed by atoms with van der Waals surface area (Å²) in [6, 6.07) is 52.2. The molecule has 52 heavy (non-hydrogen) atoms. The van der Waals surface area contributed by atoms with E-state index < -0.39 is 0 Å². The molecule has 0 N–H and O–H groups in total. The number of fused-ring (bicyclic) bond motifs is 13. The second-order valence-corrected chi connectivity index (χ2v) is 15.5. The van der Waals surface area contributed by atoms with Crippen LogP contribution >= 0.6 is 11.3 Å². The number of benzene rings is 7. The highest BCUT2D eigenvalue weighted by molar-refractivity contribution is 7.25. The standard InChI is InChI=1S/C47H28N4S/c1-47(2)37-9-5-3-7-31(37)45-38(47)15-18-42-46(45)32-8-4-6-10-39(32)51(42)30-14-20-44-36(24-30)35-23-29(13-19-43(35)52-44)50-40-16-11-27(25-48)21-33(40)34-22-28(26-49)12-17-41(34)50/h3-24H,1-2H3. The largest absolute Gasteiger partial charge is 0.309 e. The van der Waals surface area contributed by atoms with Gasteiger partial charge in [0.1, 0.15) is 0 Å². The molecule has 5 heteroatoms. The number of thiophene rings is 1. The second-order valence-electron chi connectivity index (χ2n) is 14.4. The first kappa shape index (κ1) is 29.1. The molecule has 0 bridgehead atoms. The molecule has 0 saturated carbocycles. The van der Waals surface area contributed by atoms with Crippen LogP contribution < -0.4 is 0 Å². The first-order valence-corrected chi connectivity index (χ1v) is 18.3. The SMILES string of the molecule is CC1(C)c2ccccc2-c2c1ccc1c2c2ccccc2n1-c1ccc2sc3ccc(-n4c5ccc(C#N)cc5c5cc(C#N)ccc54)cc3c2c1. The van der Waals surface area contributed by atoms with Crippen molar-refractivity contribution < 1.29 is 0 Å². The molecule has 0 spiro atoms. The lowest BCUT2D eigenvalue weighted by atomic mass is 9.82. The number of para-hydroxylation sites is 1. The van der Waals surface area contributed by atoms with Crippen molar-refractivity contribution in [2.45, 2.75) is 19.3 Å². The van der Waals surface area contributed by atoms with Crippen LogP contribution in [-0.2, 0) is 5.41 Å². The van der Waals surface area contributed by atoms with Gasteiger partial charge in [-0.2, -0.15) is 10.5 Å². The Kier molecular flexibility index (Phi) is 5.71. The van der Waals surface area contributed by atoms with Gasteiger partial charge in [0.15, 0.2) is 0 Å². The molecule has 0 radical (unpaired) electrons. The molecular formula is C47H28N4S. The van der Waals surface area contributed by atoms with Gasteiger partial charge >= 0.3 is 0 Å². The van der Waals surface area contributed by atoms with Gasteiger partial charge < -0.3 is 9.13 Å². The average Bonchev–Trinajstić information content (AvgIpc) is 3.89. The first-order chi connectivity index (χ1) is 25.4. The monoisotopic (exact) mass is 680 g/mol. The van der Waals surface area contributed by atoms with Crippen molar-refractivity contribution in [2.75, 3.05) is 0 Å². The Morgan fingerprint density at radius 3 is 1.71 bits per heavy atom. The average molecular weight is 681 g/mol. The third-order valence-electron chi connectivity index (χ3n) is 11.4. The molecule has 3 aromatic heterocycles. The van der Waals surface area contributed by atoms with Gasteiger partial charge in [0.25, 0.3) is 0 Å². The summed E-state index contributed by atoms with van der Waals surface area (Å²) >= 11 is 1.82. The van der Waals surface area contributed by atoms with E-state index in [0.29, 0.717) is 11.1 Å². The Labute approximate surface area is 303 Å². The quantitative estimate of drug-likeness (QED) is 0.182. The predicted molar refractivity (Wildman–Crippen MR) is 215 cm³/mol. The second kappa shape index (κ2) is 10.2. The van der Waals surface area contributed by atoms with Crippen molar-refractivity contribution in [1.29, 1.82) is 10.5 Å². The van der Waals surface area contributed by atoms with E-state index in [1.807, 2.05) is 47.7 Å². The molecule has 0 unspecified atom stereocenters. The van der Waals surface area contributed by atoms with Crippen molar-refractivity contribution in [3.8, 4) is 34.6 Å². The zero-order valence-corrected chi connectivity index (χ0v) is 29.2. The molecule has 0 aliphatic heterocycles. The molecule has 7 aromatic carbocycles. The van der Waals surface area contributed by atoms with E-state index in [0.717, 1.165) is 33.2 Å². The van der Waals surface area contributed by atoms with E-state index in [4.69, 9.17) is 0 Å². The van der Waals surface area contributed by atoms with Gasteiger partial charge in [-0.15, -0.1) is 11.3 Å². The molecule has 0 atom stereocenters. The summed E-state index contributed by atoms with van der Waals surface area (Å²) in [4.78, 5) is 0. The highest BCUT2D eigenvalue weighted by Gasteiger charge is 2.37. The Morgan fingerprint density at radius 2 is 1.06 bits per heavy atom. The molecule has 0 amide bonds. The van der Waals surface area contributed by atoms with E-state index in [-0.39, 0.29) is 5.41 Å². The van der Waals surface area contributed by atoms with E-state index in [9.17, 15) is 10.5 Å². The predicted octanol–water partition coefficient (Wildman–Crippen LogP) is 12.3. The molecule has 11 rings (SSSR count). The van der Waals surface area contributed by atoms with Crippen molar-refractivity contribution in [3.63, 3.8) is 0 Å². The third-order valence-corrected chi connectivity index (χ3v) is 12.5. The molecule has 4 nitrogen and oxygen atoms in total. The number of rotatable bonds is 2. The Morgan fingerprint density at radius 1 is 0.500 bits per heavy atom. The van der Waals surface area contributed by atoms with Crippen molar-refractivity contribution in [2.24, 2.45) is 0 Å². The summed E-state index contributed by atoms with van der Waals surface area (Å²) in [5.41, 5.74) is 13.2. The molecule has 0 saturated heterocycles. The van der Waals surface area contributed by atoms with Crippen LogP contribution in [0.5, 0.6) is 0 Å². The van der Waals surface area contributed by atoms with Crippen LogP contribution in [-0.4, -0.2) is 9.13 Å². The fourth-order valence-electron chi connectivity index (χ4n) is 9.00. The Balaban J connectivity index is 1.16. The van der Waals surface area contributed by atoms with Crippen LogP contribution in [0.3, 0.4) is 0 Å². The lowest BCUT2D eigenvalue weighted by molar-refractivity contribution is 0.661. The maximum atomic E-state index is 9.69. The summed E-state index contributed by atoms with van der Waals surface area (Å²) in [6.45, 7) is 4.69. The van der Waals surface area contributed by atoms with Crippen LogP contribution in [0, 0.1) is 22.7 Å². The maximum absolute atomic E-state index is 9.69. The Hall–Kier alpha value is -6.66. The minimum atomic E-state index is -0.0675. The highest BCUT2D eigenvalue weighted by Crippen LogP contribution is 2.53. The van der Waals surface area contributed by atoms with Crippen molar-refractivity contribution >= 4 is 75.1 Å². The third kappa shape index (κ3) is 3.73. The zero-order valence-electron chi connectivity index (χ0n) is 28.4. The number of hydrogen-bond acceptors (Lipinski definition) is 3. The molecule has 242 valence electrons. The van der Waals surface area contributed by atoms with Gasteiger partial charge in [0, 0.05) is 58.5 Å². The smallest absolute Gasteiger partial charge is 0.0991 e. The van der Waals surface area contributed by atoms with Gasteiger partial charge in [-0.1, -0.05) is 62.4 Å². The van der Waals surface area contributed by atoms with Gasteiger partial charge in [-0.25, -0.2) is 0 Å². The molecule has 10 aromatic rings.